The summed E-state index contributed by atoms with van der Waals surface area (Å²) in [5, 5.41) is 9.50. The molecular formula is C16H15F3N2O4. The molecule has 0 bridgehead atoms. The first kappa shape index (κ1) is 17.3. The molecule has 0 aliphatic carbocycles. The van der Waals surface area contributed by atoms with Crippen molar-refractivity contribution >= 4 is 22.8 Å². The first-order chi connectivity index (χ1) is 11.7. The zero-order valence-electron chi connectivity index (χ0n) is 13.2. The van der Waals surface area contributed by atoms with E-state index in [0.717, 1.165) is 12.1 Å². The highest BCUT2D eigenvalue weighted by molar-refractivity contribution is 6.00. The highest BCUT2D eigenvalue weighted by atomic mass is 19.4. The van der Waals surface area contributed by atoms with E-state index in [1.807, 2.05) is 0 Å². The monoisotopic (exact) mass is 356 g/mol. The number of aryl methyl sites for hydroxylation is 1. The fourth-order valence-electron chi connectivity index (χ4n) is 2.93. The Balaban J connectivity index is 2.01. The number of rotatable bonds is 2. The van der Waals surface area contributed by atoms with Crippen LogP contribution in [0, 0.1) is 0 Å². The molecule has 1 N–H and O–H groups in total. The third-order valence-corrected chi connectivity index (χ3v) is 4.26. The molecule has 134 valence electrons. The number of carbonyl (C=O) groups is 2. The van der Waals surface area contributed by atoms with E-state index < -0.39 is 29.7 Å². The predicted octanol–water partition coefficient (Wildman–Crippen LogP) is 2.12. The summed E-state index contributed by atoms with van der Waals surface area (Å²) in [6.07, 6.45) is -4.48. The van der Waals surface area contributed by atoms with Crippen molar-refractivity contribution in [1.29, 1.82) is 0 Å². The number of carbonyl (C=O) groups excluding carboxylic acids is 1. The van der Waals surface area contributed by atoms with Crippen molar-refractivity contribution in [1.82, 2.24) is 9.47 Å². The van der Waals surface area contributed by atoms with Gasteiger partial charge in [-0.3, -0.25) is 4.79 Å². The molecule has 0 saturated carbocycles. The lowest BCUT2D eigenvalue weighted by Gasteiger charge is -2.32. The minimum absolute atomic E-state index is 0.102. The van der Waals surface area contributed by atoms with Gasteiger partial charge in [-0.05, 0) is 24.3 Å². The Morgan fingerprint density at radius 3 is 2.64 bits per heavy atom. The molecule has 25 heavy (non-hydrogen) atoms. The van der Waals surface area contributed by atoms with Gasteiger partial charge < -0.3 is 19.3 Å². The van der Waals surface area contributed by atoms with Crippen LogP contribution in [0.4, 0.5) is 13.2 Å². The van der Waals surface area contributed by atoms with Crippen molar-refractivity contribution in [3.8, 4) is 0 Å². The van der Waals surface area contributed by atoms with E-state index in [1.54, 1.807) is 7.05 Å². The molecule has 1 fully saturated rings. The Morgan fingerprint density at radius 2 is 2.00 bits per heavy atom. The van der Waals surface area contributed by atoms with E-state index in [4.69, 9.17) is 4.74 Å². The lowest BCUT2D eigenvalue weighted by molar-refractivity contribution is -0.147. The van der Waals surface area contributed by atoms with Gasteiger partial charge in [-0.1, -0.05) is 0 Å². The van der Waals surface area contributed by atoms with Crippen LogP contribution in [0.25, 0.3) is 10.9 Å². The first-order valence-corrected chi connectivity index (χ1v) is 7.48. The molecule has 2 heterocycles. The van der Waals surface area contributed by atoms with Crippen molar-refractivity contribution in [2.24, 2.45) is 7.05 Å². The van der Waals surface area contributed by atoms with Gasteiger partial charge in [-0.15, -0.1) is 0 Å². The number of hydrogen-bond donors (Lipinski definition) is 1. The molecule has 1 aliphatic rings. The van der Waals surface area contributed by atoms with Gasteiger partial charge in [0.2, 0.25) is 0 Å². The van der Waals surface area contributed by atoms with Crippen LogP contribution in [0.1, 0.15) is 16.1 Å². The highest BCUT2D eigenvalue weighted by Crippen LogP contribution is 2.32. The topological polar surface area (TPSA) is 71.8 Å². The van der Waals surface area contributed by atoms with Crippen LogP contribution in [-0.4, -0.2) is 52.3 Å². The van der Waals surface area contributed by atoms with E-state index in [1.165, 1.54) is 21.6 Å². The lowest BCUT2D eigenvalue weighted by Crippen LogP contribution is -2.52. The number of nitrogens with zero attached hydrogens (tertiary/aromatic N) is 2. The third kappa shape index (κ3) is 3.07. The second-order valence-corrected chi connectivity index (χ2v) is 5.79. The Kier molecular flexibility index (Phi) is 4.19. The molecule has 0 spiro atoms. The average molecular weight is 356 g/mol. The molecule has 3 rings (SSSR count). The maximum Gasteiger partial charge on any atom is 0.416 e. The van der Waals surface area contributed by atoms with Crippen LogP contribution in [0.3, 0.4) is 0 Å². The van der Waals surface area contributed by atoms with E-state index >= 15 is 0 Å². The van der Waals surface area contributed by atoms with Crippen LogP contribution in [0.2, 0.25) is 0 Å². The molecule has 1 aromatic carbocycles. The smallest absolute Gasteiger partial charge is 0.416 e. The molecule has 1 atom stereocenters. The minimum Gasteiger partial charge on any atom is -0.480 e. The largest absolute Gasteiger partial charge is 0.480 e. The number of amides is 1. The van der Waals surface area contributed by atoms with Crippen LogP contribution < -0.4 is 0 Å². The number of hydrogen-bond acceptors (Lipinski definition) is 3. The zero-order valence-corrected chi connectivity index (χ0v) is 13.2. The molecule has 1 aromatic heterocycles. The number of fused-ring (bicyclic) bond motifs is 1. The summed E-state index contributed by atoms with van der Waals surface area (Å²) in [6.45, 7) is 0.187. The standard InChI is InChI=1S/C16H15F3N2O4/c1-20-11-3-2-10(16(17,18)19)6-9(11)7-12(20)14(22)21-4-5-25-8-13(21)15(23)24/h2-3,6-7,13H,4-5,8H2,1H3,(H,23,24). The Labute approximate surface area is 140 Å². The number of aliphatic carboxylic acids is 1. The second-order valence-electron chi connectivity index (χ2n) is 5.79. The molecule has 0 radical (unpaired) electrons. The Bertz CT molecular complexity index is 844. The highest BCUT2D eigenvalue weighted by Gasteiger charge is 2.35. The number of halogens is 3. The number of aromatic nitrogens is 1. The summed E-state index contributed by atoms with van der Waals surface area (Å²) in [4.78, 5) is 25.2. The molecule has 1 saturated heterocycles. The third-order valence-electron chi connectivity index (χ3n) is 4.26. The number of morpholine rings is 1. The molecule has 1 aliphatic heterocycles. The Hall–Kier alpha value is -2.55. The van der Waals surface area contributed by atoms with Gasteiger partial charge in [0.25, 0.3) is 5.91 Å². The summed E-state index contributed by atoms with van der Waals surface area (Å²) in [5.74, 6) is -1.74. The normalized spacial score (nSPS) is 18.6. The van der Waals surface area contributed by atoms with E-state index in [2.05, 4.69) is 0 Å². The molecule has 6 nitrogen and oxygen atoms in total. The fraction of sp³-hybridized carbons (Fsp3) is 0.375. The van der Waals surface area contributed by atoms with E-state index in [-0.39, 0.29) is 30.8 Å². The molecular weight excluding hydrogens is 341 g/mol. The average Bonchev–Trinajstić information content (AvgIpc) is 2.90. The maximum absolute atomic E-state index is 12.9. The van der Waals surface area contributed by atoms with Crippen molar-refractivity contribution in [2.45, 2.75) is 12.2 Å². The zero-order chi connectivity index (χ0) is 18.4. The lowest BCUT2D eigenvalue weighted by atomic mass is 10.1. The number of carboxylic acids is 1. The molecule has 1 unspecified atom stereocenters. The van der Waals surface area contributed by atoms with Crippen molar-refractivity contribution in [2.75, 3.05) is 19.8 Å². The van der Waals surface area contributed by atoms with Gasteiger partial charge in [0, 0.05) is 24.5 Å². The maximum atomic E-state index is 12.9. The minimum atomic E-state index is -4.48. The summed E-state index contributed by atoms with van der Waals surface area (Å²) in [6, 6.07) is 3.44. The van der Waals surface area contributed by atoms with Gasteiger partial charge in [-0.25, -0.2) is 4.79 Å². The number of ether oxygens (including phenoxy) is 1. The van der Waals surface area contributed by atoms with Crippen LogP contribution in [0.5, 0.6) is 0 Å². The van der Waals surface area contributed by atoms with E-state index in [9.17, 15) is 27.9 Å². The first-order valence-electron chi connectivity index (χ1n) is 7.48. The predicted molar refractivity (Wildman–Crippen MR) is 81.2 cm³/mol. The number of alkyl halides is 3. The fourth-order valence-corrected chi connectivity index (χ4v) is 2.93. The van der Waals surface area contributed by atoms with Gasteiger partial charge in [0.15, 0.2) is 6.04 Å². The summed E-state index contributed by atoms with van der Waals surface area (Å²) in [5.41, 5.74) is -0.224. The molecule has 1 amide bonds. The van der Waals surface area contributed by atoms with E-state index in [0.29, 0.717) is 5.52 Å². The van der Waals surface area contributed by atoms with Crippen LogP contribution >= 0.6 is 0 Å². The molecule has 2 aromatic rings. The molecule has 9 heteroatoms. The number of benzene rings is 1. The van der Waals surface area contributed by atoms with Crippen molar-refractivity contribution in [3.63, 3.8) is 0 Å². The van der Waals surface area contributed by atoms with Crippen molar-refractivity contribution in [3.05, 3.63) is 35.5 Å². The van der Waals surface area contributed by atoms with Crippen molar-refractivity contribution < 1.29 is 32.6 Å². The van der Waals surface area contributed by atoms with Gasteiger partial charge in [0.05, 0.1) is 18.8 Å². The summed E-state index contributed by atoms with van der Waals surface area (Å²) >= 11 is 0. The quantitative estimate of drug-likeness (QED) is 0.895. The summed E-state index contributed by atoms with van der Waals surface area (Å²) < 4.78 is 45.1. The van der Waals surface area contributed by atoms with Crippen LogP contribution in [-0.2, 0) is 22.8 Å². The second kappa shape index (κ2) is 6.07. The van der Waals surface area contributed by atoms with Gasteiger partial charge in [-0.2, -0.15) is 13.2 Å². The van der Waals surface area contributed by atoms with Crippen LogP contribution in [0.15, 0.2) is 24.3 Å². The Morgan fingerprint density at radius 1 is 1.28 bits per heavy atom. The van der Waals surface area contributed by atoms with Gasteiger partial charge >= 0.3 is 12.1 Å². The SMILES string of the molecule is Cn1c(C(=O)N2CCOCC2C(=O)O)cc2cc(C(F)(F)F)ccc21. The van der Waals surface area contributed by atoms with Gasteiger partial charge in [0.1, 0.15) is 5.69 Å². The number of carboxylic acid groups (broad SMARTS) is 1. The summed E-state index contributed by atoms with van der Waals surface area (Å²) in [7, 11) is 1.55.